The molecule has 0 saturated heterocycles. The number of carbonyl (C=O) groups excluding carboxylic acids is 1. The molecule has 1 rings (SSSR count). The number of nitrogens with one attached hydrogen (secondary N) is 1. The van der Waals surface area contributed by atoms with Crippen molar-refractivity contribution in [2.24, 2.45) is 5.92 Å². The SMILES string of the molecule is CC(C)C(Br)C(=O)Nc1c([N+](=O)[O-])ccc(F)c1F. The molecule has 8 heteroatoms. The maximum Gasteiger partial charge on any atom is 0.296 e. The zero-order valence-electron chi connectivity index (χ0n) is 10.1. The summed E-state index contributed by atoms with van der Waals surface area (Å²) in [6, 6.07) is 1.43. The highest BCUT2D eigenvalue weighted by molar-refractivity contribution is 9.10. The highest BCUT2D eigenvalue weighted by Gasteiger charge is 2.26. The molecule has 1 N–H and O–H groups in total. The number of rotatable bonds is 4. The van der Waals surface area contributed by atoms with Gasteiger partial charge >= 0.3 is 0 Å². The van der Waals surface area contributed by atoms with Crippen LogP contribution in [-0.4, -0.2) is 15.7 Å². The smallest absolute Gasteiger partial charge is 0.296 e. The average Bonchev–Trinajstić information content (AvgIpc) is 2.33. The van der Waals surface area contributed by atoms with Crippen molar-refractivity contribution in [3.05, 3.63) is 33.9 Å². The molecular weight excluding hydrogens is 326 g/mol. The van der Waals surface area contributed by atoms with Crippen LogP contribution in [0.3, 0.4) is 0 Å². The predicted molar refractivity (Wildman–Crippen MR) is 69.2 cm³/mol. The van der Waals surface area contributed by atoms with E-state index < -0.39 is 38.7 Å². The number of halogens is 3. The van der Waals surface area contributed by atoms with E-state index in [1.807, 2.05) is 5.32 Å². The molecule has 0 saturated carbocycles. The van der Waals surface area contributed by atoms with Crippen molar-refractivity contribution in [3.8, 4) is 0 Å². The average molecular weight is 337 g/mol. The number of amides is 1. The third kappa shape index (κ3) is 3.46. The van der Waals surface area contributed by atoms with E-state index in [2.05, 4.69) is 15.9 Å². The van der Waals surface area contributed by atoms with E-state index in [9.17, 15) is 23.7 Å². The normalized spacial score (nSPS) is 12.3. The van der Waals surface area contributed by atoms with Crippen LogP contribution in [0.5, 0.6) is 0 Å². The maximum absolute atomic E-state index is 13.5. The number of nitro benzene ring substituents is 1. The van der Waals surface area contributed by atoms with Crippen molar-refractivity contribution in [3.63, 3.8) is 0 Å². The van der Waals surface area contributed by atoms with Gasteiger partial charge in [-0.05, 0) is 12.0 Å². The van der Waals surface area contributed by atoms with Crippen molar-refractivity contribution in [2.75, 3.05) is 5.32 Å². The second-order valence-electron chi connectivity index (χ2n) is 4.15. The van der Waals surface area contributed by atoms with Gasteiger partial charge in [0.05, 0.1) is 9.75 Å². The Morgan fingerprint density at radius 3 is 2.47 bits per heavy atom. The van der Waals surface area contributed by atoms with Crippen LogP contribution < -0.4 is 5.32 Å². The van der Waals surface area contributed by atoms with Gasteiger partial charge in [-0.25, -0.2) is 8.78 Å². The molecule has 104 valence electrons. The van der Waals surface area contributed by atoms with Crippen molar-refractivity contribution >= 4 is 33.2 Å². The quantitative estimate of drug-likeness (QED) is 0.521. The first-order valence-electron chi connectivity index (χ1n) is 5.33. The second kappa shape index (κ2) is 6.05. The van der Waals surface area contributed by atoms with Crippen molar-refractivity contribution < 1.29 is 18.5 Å². The number of benzene rings is 1. The Balaban J connectivity index is 3.16. The molecule has 5 nitrogen and oxygen atoms in total. The van der Waals surface area contributed by atoms with Crippen LogP contribution >= 0.6 is 15.9 Å². The van der Waals surface area contributed by atoms with Gasteiger partial charge in [-0.2, -0.15) is 0 Å². The van der Waals surface area contributed by atoms with Gasteiger partial charge in [0.1, 0.15) is 0 Å². The minimum Gasteiger partial charge on any atom is -0.317 e. The topological polar surface area (TPSA) is 72.2 Å². The lowest BCUT2D eigenvalue weighted by Crippen LogP contribution is -2.28. The standard InChI is InChI=1S/C11H11BrF2N2O3/c1-5(2)8(12)11(17)15-10-7(16(18)19)4-3-6(13)9(10)14/h3-5,8H,1-2H3,(H,15,17). The Hall–Kier alpha value is -1.57. The Labute approximate surface area is 116 Å². The molecule has 0 heterocycles. The Kier molecular flexibility index (Phi) is 4.93. The zero-order valence-corrected chi connectivity index (χ0v) is 11.7. The number of nitro groups is 1. The fourth-order valence-corrected chi connectivity index (χ4v) is 1.42. The molecule has 1 aromatic carbocycles. The molecule has 0 bridgehead atoms. The summed E-state index contributed by atoms with van der Waals surface area (Å²) in [4.78, 5) is 20.9. The molecular formula is C11H11BrF2N2O3. The first-order valence-corrected chi connectivity index (χ1v) is 6.24. The summed E-state index contributed by atoms with van der Waals surface area (Å²) in [5, 5.41) is 12.8. The minimum atomic E-state index is -1.45. The monoisotopic (exact) mass is 336 g/mol. The summed E-state index contributed by atoms with van der Waals surface area (Å²) in [5.74, 6) is -3.51. The second-order valence-corrected chi connectivity index (χ2v) is 5.13. The first kappa shape index (κ1) is 15.5. The number of hydrogen-bond acceptors (Lipinski definition) is 3. The Morgan fingerprint density at radius 1 is 1.42 bits per heavy atom. The summed E-state index contributed by atoms with van der Waals surface area (Å²) < 4.78 is 26.6. The van der Waals surface area contributed by atoms with Crippen LogP contribution in [0, 0.1) is 27.7 Å². The number of hydrogen-bond donors (Lipinski definition) is 1. The highest BCUT2D eigenvalue weighted by atomic mass is 79.9. The van der Waals surface area contributed by atoms with Crippen LogP contribution in [0.4, 0.5) is 20.2 Å². The summed E-state index contributed by atoms with van der Waals surface area (Å²) in [7, 11) is 0. The van der Waals surface area contributed by atoms with E-state index in [0.717, 1.165) is 6.07 Å². The van der Waals surface area contributed by atoms with Gasteiger partial charge in [0, 0.05) is 6.07 Å². The van der Waals surface area contributed by atoms with Gasteiger partial charge in [-0.3, -0.25) is 14.9 Å². The minimum absolute atomic E-state index is 0.115. The molecule has 19 heavy (non-hydrogen) atoms. The predicted octanol–water partition coefficient (Wildman–Crippen LogP) is 3.23. The van der Waals surface area contributed by atoms with Crippen molar-refractivity contribution in [1.29, 1.82) is 0 Å². The van der Waals surface area contributed by atoms with E-state index in [1.54, 1.807) is 13.8 Å². The summed E-state index contributed by atoms with van der Waals surface area (Å²) in [5.41, 5.74) is -1.46. The number of carbonyl (C=O) groups is 1. The van der Waals surface area contributed by atoms with Crippen LogP contribution in [0.15, 0.2) is 12.1 Å². The summed E-state index contributed by atoms with van der Waals surface area (Å²) >= 11 is 3.07. The lowest BCUT2D eigenvalue weighted by molar-refractivity contribution is -0.384. The van der Waals surface area contributed by atoms with Crippen LogP contribution in [0.2, 0.25) is 0 Å². The lowest BCUT2D eigenvalue weighted by atomic mass is 10.1. The molecule has 0 aliphatic carbocycles. The van der Waals surface area contributed by atoms with E-state index in [4.69, 9.17) is 0 Å². The molecule has 1 aromatic rings. The molecule has 1 unspecified atom stereocenters. The molecule has 1 atom stereocenters. The van der Waals surface area contributed by atoms with Gasteiger partial charge in [0.15, 0.2) is 17.3 Å². The molecule has 0 fully saturated rings. The fraction of sp³-hybridized carbons (Fsp3) is 0.364. The van der Waals surface area contributed by atoms with E-state index in [1.165, 1.54) is 0 Å². The molecule has 0 aromatic heterocycles. The number of anilines is 1. The largest absolute Gasteiger partial charge is 0.317 e. The zero-order chi connectivity index (χ0) is 14.7. The van der Waals surface area contributed by atoms with Crippen molar-refractivity contribution in [1.82, 2.24) is 0 Å². The van der Waals surface area contributed by atoms with Gasteiger partial charge < -0.3 is 5.32 Å². The maximum atomic E-state index is 13.5. The van der Waals surface area contributed by atoms with Crippen molar-refractivity contribution in [2.45, 2.75) is 18.7 Å². The highest BCUT2D eigenvalue weighted by Crippen LogP contribution is 2.30. The molecule has 0 aliphatic heterocycles. The van der Waals surface area contributed by atoms with Gasteiger partial charge in [-0.15, -0.1) is 0 Å². The molecule has 1 amide bonds. The third-order valence-electron chi connectivity index (χ3n) is 2.35. The third-order valence-corrected chi connectivity index (χ3v) is 3.83. The van der Waals surface area contributed by atoms with E-state index in [-0.39, 0.29) is 5.92 Å². The Morgan fingerprint density at radius 2 is 2.00 bits per heavy atom. The Bertz CT molecular complexity index is 523. The van der Waals surface area contributed by atoms with Crippen LogP contribution in [0.25, 0.3) is 0 Å². The lowest BCUT2D eigenvalue weighted by Gasteiger charge is -2.14. The summed E-state index contributed by atoms with van der Waals surface area (Å²) in [6.45, 7) is 3.46. The molecule has 0 aliphatic rings. The van der Waals surface area contributed by atoms with E-state index in [0.29, 0.717) is 6.07 Å². The van der Waals surface area contributed by atoms with Gasteiger partial charge in [0.25, 0.3) is 5.69 Å². The van der Waals surface area contributed by atoms with Gasteiger partial charge in [0.2, 0.25) is 5.91 Å². The number of nitrogens with zero attached hydrogens (tertiary/aromatic N) is 1. The van der Waals surface area contributed by atoms with Crippen LogP contribution in [-0.2, 0) is 4.79 Å². The number of alkyl halides is 1. The molecule has 0 spiro atoms. The fourth-order valence-electron chi connectivity index (χ4n) is 1.31. The molecule has 0 radical (unpaired) electrons. The summed E-state index contributed by atoms with van der Waals surface area (Å²) in [6.07, 6.45) is 0. The van der Waals surface area contributed by atoms with Gasteiger partial charge in [-0.1, -0.05) is 29.8 Å². The van der Waals surface area contributed by atoms with Crippen LogP contribution in [0.1, 0.15) is 13.8 Å². The van der Waals surface area contributed by atoms with E-state index >= 15 is 0 Å². The first-order chi connectivity index (χ1) is 8.75.